The third-order valence-corrected chi connectivity index (χ3v) is 4.14. The van der Waals surface area contributed by atoms with Gasteiger partial charge in [0.2, 0.25) is 0 Å². The first-order chi connectivity index (χ1) is 9.21. The van der Waals surface area contributed by atoms with Gasteiger partial charge in [-0.1, -0.05) is 0 Å². The second kappa shape index (κ2) is 4.75. The van der Waals surface area contributed by atoms with E-state index in [1.54, 1.807) is 26.0 Å². The summed E-state index contributed by atoms with van der Waals surface area (Å²) >= 11 is 0. The number of aryl methyl sites for hydroxylation is 1. The number of nitrogens with zero attached hydrogens (tertiary/aromatic N) is 2. The lowest BCUT2D eigenvalue weighted by Gasteiger charge is -2.05. The Kier molecular flexibility index (Phi) is 3.39. The number of carboxylic acids is 1. The molecule has 0 saturated heterocycles. The number of benzene rings is 1. The number of hydrogen-bond acceptors (Lipinski definition) is 4. The van der Waals surface area contributed by atoms with Crippen LogP contribution in [0.2, 0.25) is 0 Å². The maximum atomic E-state index is 11.4. The van der Waals surface area contributed by atoms with Gasteiger partial charge in [-0.2, -0.15) is 5.10 Å². The first kappa shape index (κ1) is 14.3. The summed E-state index contributed by atoms with van der Waals surface area (Å²) in [6.45, 7) is 3.28. The molecule has 2 rings (SSSR count). The molecule has 0 aliphatic rings. The van der Waals surface area contributed by atoms with E-state index in [4.69, 9.17) is 5.11 Å². The van der Waals surface area contributed by atoms with Gasteiger partial charge in [0.05, 0.1) is 22.0 Å². The van der Waals surface area contributed by atoms with Crippen LogP contribution in [-0.2, 0) is 9.84 Å². The number of carboxylic acid groups (broad SMARTS) is 1. The van der Waals surface area contributed by atoms with Crippen molar-refractivity contribution in [3.63, 3.8) is 0 Å². The minimum atomic E-state index is -3.25. The highest BCUT2D eigenvalue weighted by molar-refractivity contribution is 7.90. The molecule has 1 aromatic heterocycles. The third kappa shape index (κ3) is 2.44. The molecule has 6 nitrogen and oxygen atoms in total. The van der Waals surface area contributed by atoms with Crippen molar-refractivity contribution in [2.24, 2.45) is 0 Å². The largest absolute Gasteiger partial charge is 0.478 e. The van der Waals surface area contributed by atoms with Crippen molar-refractivity contribution < 1.29 is 18.3 Å². The van der Waals surface area contributed by atoms with E-state index >= 15 is 0 Å². The van der Waals surface area contributed by atoms with Crippen LogP contribution in [-0.4, -0.2) is 35.5 Å². The van der Waals surface area contributed by atoms with E-state index in [0.29, 0.717) is 17.1 Å². The standard InChI is InChI=1S/C13H14N2O4S/c1-8-12(13(16)17)9(2)15(14-8)10-4-6-11(7-5-10)20(3,18)19/h4-7H,1-3H3,(H,16,17). The molecule has 106 valence electrons. The van der Waals surface area contributed by atoms with Crippen molar-refractivity contribution >= 4 is 15.8 Å². The fourth-order valence-corrected chi connectivity index (χ4v) is 2.67. The maximum Gasteiger partial charge on any atom is 0.339 e. The molecule has 20 heavy (non-hydrogen) atoms. The third-order valence-electron chi connectivity index (χ3n) is 3.01. The normalized spacial score (nSPS) is 11.6. The van der Waals surface area contributed by atoms with Gasteiger partial charge in [0.15, 0.2) is 9.84 Å². The van der Waals surface area contributed by atoms with E-state index in [-0.39, 0.29) is 10.5 Å². The van der Waals surface area contributed by atoms with Crippen LogP contribution in [0.3, 0.4) is 0 Å². The molecule has 0 atom stereocenters. The van der Waals surface area contributed by atoms with Crippen LogP contribution >= 0.6 is 0 Å². The van der Waals surface area contributed by atoms with E-state index in [2.05, 4.69) is 5.10 Å². The van der Waals surface area contributed by atoms with Crippen molar-refractivity contribution in [3.8, 4) is 5.69 Å². The molecule has 1 aromatic carbocycles. The average molecular weight is 294 g/mol. The number of hydrogen-bond donors (Lipinski definition) is 1. The molecule has 0 amide bonds. The number of aromatic carboxylic acids is 1. The fraction of sp³-hybridized carbons (Fsp3) is 0.231. The molecule has 0 spiro atoms. The van der Waals surface area contributed by atoms with Gasteiger partial charge in [-0.3, -0.25) is 0 Å². The van der Waals surface area contributed by atoms with Crippen molar-refractivity contribution in [2.75, 3.05) is 6.26 Å². The highest BCUT2D eigenvalue weighted by atomic mass is 32.2. The van der Waals surface area contributed by atoms with Crippen molar-refractivity contribution in [2.45, 2.75) is 18.7 Å². The Balaban J connectivity index is 2.53. The van der Waals surface area contributed by atoms with Crippen LogP contribution in [0.5, 0.6) is 0 Å². The van der Waals surface area contributed by atoms with Gasteiger partial charge < -0.3 is 5.11 Å². The van der Waals surface area contributed by atoms with Crippen molar-refractivity contribution in [1.29, 1.82) is 0 Å². The zero-order valence-electron chi connectivity index (χ0n) is 11.3. The van der Waals surface area contributed by atoms with Gasteiger partial charge >= 0.3 is 5.97 Å². The lowest BCUT2D eigenvalue weighted by Crippen LogP contribution is -2.03. The SMILES string of the molecule is Cc1nn(-c2ccc(S(C)(=O)=O)cc2)c(C)c1C(=O)O. The molecule has 7 heteroatoms. The summed E-state index contributed by atoms with van der Waals surface area (Å²) < 4.78 is 24.3. The minimum absolute atomic E-state index is 0.164. The monoisotopic (exact) mass is 294 g/mol. The summed E-state index contributed by atoms with van der Waals surface area (Å²) in [5.74, 6) is -1.03. The quantitative estimate of drug-likeness (QED) is 0.928. The van der Waals surface area contributed by atoms with Gasteiger partial charge in [0, 0.05) is 6.26 Å². The van der Waals surface area contributed by atoms with Gasteiger partial charge in [-0.15, -0.1) is 0 Å². The van der Waals surface area contributed by atoms with Crippen LogP contribution < -0.4 is 0 Å². The minimum Gasteiger partial charge on any atom is -0.478 e. The Morgan fingerprint density at radius 1 is 1.20 bits per heavy atom. The molecule has 0 aliphatic carbocycles. The summed E-state index contributed by atoms with van der Waals surface area (Å²) in [7, 11) is -3.25. The molecular formula is C13H14N2O4S. The van der Waals surface area contributed by atoms with Crippen LogP contribution in [0.25, 0.3) is 5.69 Å². The number of aromatic nitrogens is 2. The van der Waals surface area contributed by atoms with Crippen LogP contribution in [0.1, 0.15) is 21.7 Å². The predicted octanol–water partition coefficient (Wildman–Crippen LogP) is 1.59. The van der Waals surface area contributed by atoms with E-state index in [0.717, 1.165) is 6.26 Å². The first-order valence-electron chi connectivity index (χ1n) is 5.82. The lowest BCUT2D eigenvalue weighted by molar-refractivity contribution is 0.0695. The van der Waals surface area contributed by atoms with Gasteiger partial charge in [-0.05, 0) is 38.1 Å². The Labute approximate surface area is 116 Å². The molecule has 0 aliphatic heterocycles. The predicted molar refractivity (Wildman–Crippen MR) is 73.1 cm³/mol. The number of sulfone groups is 1. The summed E-state index contributed by atoms with van der Waals surface area (Å²) in [6, 6.07) is 6.14. The van der Waals surface area contributed by atoms with E-state index in [9.17, 15) is 13.2 Å². The smallest absolute Gasteiger partial charge is 0.339 e. The average Bonchev–Trinajstić information content (AvgIpc) is 2.64. The van der Waals surface area contributed by atoms with Crippen LogP contribution in [0.4, 0.5) is 0 Å². The van der Waals surface area contributed by atoms with Gasteiger partial charge in [0.25, 0.3) is 0 Å². The molecule has 0 bridgehead atoms. The molecule has 1 heterocycles. The summed E-state index contributed by atoms with van der Waals surface area (Å²) in [5, 5.41) is 13.3. The van der Waals surface area contributed by atoms with Gasteiger partial charge in [-0.25, -0.2) is 17.9 Å². The zero-order chi connectivity index (χ0) is 15.1. The molecule has 0 unspecified atom stereocenters. The summed E-state index contributed by atoms with van der Waals surface area (Å²) in [4.78, 5) is 11.3. The second-order valence-electron chi connectivity index (χ2n) is 4.53. The van der Waals surface area contributed by atoms with E-state index in [1.807, 2.05) is 0 Å². The zero-order valence-corrected chi connectivity index (χ0v) is 12.1. The lowest BCUT2D eigenvalue weighted by atomic mass is 10.2. The molecule has 1 N–H and O–H groups in total. The molecule has 2 aromatic rings. The Morgan fingerprint density at radius 3 is 2.15 bits per heavy atom. The Bertz CT molecular complexity index is 773. The highest BCUT2D eigenvalue weighted by Crippen LogP contribution is 2.19. The molecule has 0 fully saturated rings. The van der Waals surface area contributed by atoms with Crippen LogP contribution in [0.15, 0.2) is 29.2 Å². The van der Waals surface area contributed by atoms with Crippen LogP contribution in [0, 0.1) is 13.8 Å². The first-order valence-corrected chi connectivity index (χ1v) is 7.71. The Morgan fingerprint density at radius 2 is 1.75 bits per heavy atom. The Hall–Kier alpha value is -2.15. The molecule has 0 saturated carbocycles. The molecular weight excluding hydrogens is 280 g/mol. The van der Waals surface area contributed by atoms with E-state index in [1.165, 1.54) is 16.8 Å². The molecule has 0 radical (unpaired) electrons. The number of rotatable bonds is 3. The summed E-state index contributed by atoms with van der Waals surface area (Å²) in [5.41, 5.74) is 1.70. The van der Waals surface area contributed by atoms with E-state index < -0.39 is 15.8 Å². The topological polar surface area (TPSA) is 89.3 Å². The van der Waals surface area contributed by atoms with Gasteiger partial charge in [0.1, 0.15) is 5.56 Å². The number of carbonyl (C=O) groups is 1. The van der Waals surface area contributed by atoms with Crippen molar-refractivity contribution in [3.05, 3.63) is 41.2 Å². The van der Waals surface area contributed by atoms with Crippen molar-refractivity contribution in [1.82, 2.24) is 9.78 Å². The maximum absolute atomic E-state index is 11.4. The summed E-state index contributed by atoms with van der Waals surface area (Å²) in [6.07, 6.45) is 1.13. The fourth-order valence-electron chi connectivity index (χ4n) is 2.04. The second-order valence-corrected chi connectivity index (χ2v) is 6.54. The highest BCUT2D eigenvalue weighted by Gasteiger charge is 2.18.